The molecule has 0 radical (unpaired) electrons. The Morgan fingerprint density at radius 3 is 2.94 bits per heavy atom. The van der Waals surface area contributed by atoms with Crippen molar-refractivity contribution in [2.75, 3.05) is 0 Å². The number of rotatable bonds is 1. The summed E-state index contributed by atoms with van der Waals surface area (Å²) < 4.78 is 0. The van der Waals surface area contributed by atoms with Gasteiger partial charge in [-0.05, 0) is 30.7 Å². The summed E-state index contributed by atoms with van der Waals surface area (Å²) in [5.41, 5.74) is 3.40. The van der Waals surface area contributed by atoms with E-state index in [9.17, 15) is 5.11 Å². The van der Waals surface area contributed by atoms with Gasteiger partial charge in [-0.15, -0.1) is 0 Å². The van der Waals surface area contributed by atoms with Gasteiger partial charge in [0, 0.05) is 17.1 Å². The maximum atomic E-state index is 9.57. The number of aromatic amines is 1. The molecule has 2 N–H and O–H groups in total. The van der Waals surface area contributed by atoms with Crippen molar-refractivity contribution in [1.29, 1.82) is 0 Å². The van der Waals surface area contributed by atoms with E-state index in [0.29, 0.717) is 5.02 Å². The van der Waals surface area contributed by atoms with Crippen LogP contribution >= 0.6 is 11.6 Å². The third-order valence-electron chi connectivity index (χ3n) is 2.90. The number of H-pyrrole nitrogens is 1. The van der Waals surface area contributed by atoms with Crippen LogP contribution in [0.1, 0.15) is 5.56 Å². The summed E-state index contributed by atoms with van der Waals surface area (Å²) in [6.45, 7) is 1.91. The van der Waals surface area contributed by atoms with Gasteiger partial charge in [0.25, 0.3) is 0 Å². The Balaban J connectivity index is 2.32. The summed E-state index contributed by atoms with van der Waals surface area (Å²) in [5.74, 6) is 0.0808. The largest absolute Gasteiger partial charge is 0.506 e. The molecule has 0 spiro atoms. The fourth-order valence-corrected chi connectivity index (χ4v) is 2.17. The first-order valence-electron chi connectivity index (χ1n) is 5.44. The fourth-order valence-electron chi connectivity index (χ4n) is 2.01. The van der Waals surface area contributed by atoms with Gasteiger partial charge in [0.1, 0.15) is 17.7 Å². The van der Waals surface area contributed by atoms with Crippen molar-refractivity contribution in [3.63, 3.8) is 0 Å². The summed E-state index contributed by atoms with van der Waals surface area (Å²) in [6, 6.07) is 5.28. The monoisotopic (exact) mass is 259 g/mol. The molecule has 0 fully saturated rings. The summed E-state index contributed by atoms with van der Waals surface area (Å²) in [6.07, 6.45) is 3.33. The van der Waals surface area contributed by atoms with Gasteiger partial charge in [-0.1, -0.05) is 11.6 Å². The van der Waals surface area contributed by atoms with Crippen LogP contribution in [0.15, 0.2) is 30.7 Å². The number of benzene rings is 1. The lowest BCUT2D eigenvalue weighted by molar-refractivity contribution is 0.475. The van der Waals surface area contributed by atoms with Gasteiger partial charge in [-0.3, -0.25) is 0 Å². The number of hydrogen-bond donors (Lipinski definition) is 2. The predicted octanol–water partition coefficient (Wildman–Crippen LogP) is 3.29. The second kappa shape index (κ2) is 3.99. The average molecular weight is 260 g/mol. The number of phenols is 1. The van der Waals surface area contributed by atoms with Crippen LogP contribution in [0.25, 0.3) is 22.3 Å². The quantitative estimate of drug-likeness (QED) is 0.705. The molecule has 2 heterocycles. The molecule has 0 aliphatic heterocycles. The highest BCUT2D eigenvalue weighted by atomic mass is 35.5. The first kappa shape index (κ1) is 11.0. The topological polar surface area (TPSA) is 61.8 Å². The number of halogens is 1. The molecule has 0 unspecified atom stereocenters. The van der Waals surface area contributed by atoms with E-state index in [0.717, 1.165) is 27.9 Å². The standard InChI is InChI=1S/C13H10ClN3O/c1-7-4-11(18)10(14)5-9(7)12-8-2-3-15-13(8)17-6-16-12/h2-6,18H,1H3,(H,15,16,17). The lowest BCUT2D eigenvalue weighted by Crippen LogP contribution is -1.90. The first-order valence-corrected chi connectivity index (χ1v) is 5.82. The maximum Gasteiger partial charge on any atom is 0.141 e. The molecule has 1 aromatic carbocycles. The smallest absolute Gasteiger partial charge is 0.141 e. The zero-order valence-corrected chi connectivity index (χ0v) is 10.4. The second-order valence-corrected chi connectivity index (χ2v) is 4.49. The molecule has 90 valence electrons. The SMILES string of the molecule is Cc1cc(O)c(Cl)cc1-c1ncnc2[nH]ccc12. The molecule has 0 aliphatic carbocycles. The van der Waals surface area contributed by atoms with Crippen LogP contribution in [0, 0.1) is 6.92 Å². The Labute approximate surface area is 108 Å². The normalized spacial score (nSPS) is 11.0. The highest BCUT2D eigenvalue weighted by Gasteiger charge is 2.12. The van der Waals surface area contributed by atoms with Crippen LogP contribution < -0.4 is 0 Å². The van der Waals surface area contributed by atoms with Crippen molar-refractivity contribution in [3.8, 4) is 17.0 Å². The van der Waals surface area contributed by atoms with Gasteiger partial charge in [0.15, 0.2) is 0 Å². The molecule has 4 nitrogen and oxygen atoms in total. The van der Waals surface area contributed by atoms with E-state index >= 15 is 0 Å². The second-order valence-electron chi connectivity index (χ2n) is 4.08. The molecule has 2 aromatic heterocycles. The Kier molecular flexibility index (Phi) is 2.45. The minimum absolute atomic E-state index is 0.0808. The minimum atomic E-state index is 0.0808. The van der Waals surface area contributed by atoms with E-state index in [1.165, 1.54) is 6.33 Å². The van der Waals surface area contributed by atoms with Crippen molar-refractivity contribution >= 4 is 22.6 Å². The van der Waals surface area contributed by atoms with Gasteiger partial charge >= 0.3 is 0 Å². The molecule has 3 rings (SSSR count). The molecule has 0 saturated carbocycles. The molecule has 0 amide bonds. The Morgan fingerprint density at radius 1 is 1.28 bits per heavy atom. The highest BCUT2D eigenvalue weighted by molar-refractivity contribution is 6.32. The van der Waals surface area contributed by atoms with Gasteiger partial charge in [-0.25, -0.2) is 9.97 Å². The third kappa shape index (κ3) is 1.62. The zero-order chi connectivity index (χ0) is 12.7. The molecular formula is C13H10ClN3O. The van der Waals surface area contributed by atoms with Crippen LogP contribution in [-0.2, 0) is 0 Å². The van der Waals surface area contributed by atoms with Crippen molar-refractivity contribution in [3.05, 3.63) is 41.3 Å². The minimum Gasteiger partial charge on any atom is -0.506 e. The summed E-state index contributed by atoms with van der Waals surface area (Å²) in [4.78, 5) is 11.5. The Bertz CT molecular complexity index is 736. The van der Waals surface area contributed by atoms with Crippen molar-refractivity contribution in [2.45, 2.75) is 6.92 Å². The van der Waals surface area contributed by atoms with E-state index in [2.05, 4.69) is 15.0 Å². The predicted molar refractivity (Wildman–Crippen MR) is 70.7 cm³/mol. The zero-order valence-electron chi connectivity index (χ0n) is 9.61. The van der Waals surface area contributed by atoms with E-state index < -0.39 is 0 Å². The molecular weight excluding hydrogens is 250 g/mol. The van der Waals surface area contributed by atoms with Gasteiger partial charge in [0.05, 0.1) is 10.7 Å². The highest BCUT2D eigenvalue weighted by Crippen LogP contribution is 2.34. The Hall–Kier alpha value is -2.07. The number of aryl methyl sites for hydroxylation is 1. The molecule has 0 bridgehead atoms. The number of aromatic nitrogens is 3. The number of hydrogen-bond acceptors (Lipinski definition) is 3. The third-order valence-corrected chi connectivity index (χ3v) is 3.21. The molecule has 0 aliphatic rings. The number of phenolic OH excluding ortho intramolecular Hbond substituents is 1. The number of fused-ring (bicyclic) bond motifs is 1. The van der Waals surface area contributed by atoms with Gasteiger partial charge < -0.3 is 10.1 Å². The number of nitrogens with one attached hydrogen (secondary N) is 1. The first-order chi connectivity index (χ1) is 8.66. The van der Waals surface area contributed by atoms with Crippen LogP contribution in [0.4, 0.5) is 0 Å². The van der Waals surface area contributed by atoms with E-state index in [1.54, 1.807) is 12.1 Å². The molecule has 0 saturated heterocycles. The van der Waals surface area contributed by atoms with Crippen molar-refractivity contribution in [1.82, 2.24) is 15.0 Å². The molecule has 0 atom stereocenters. The number of aromatic hydroxyl groups is 1. The van der Waals surface area contributed by atoms with E-state index in [4.69, 9.17) is 11.6 Å². The average Bonchev–Trinajstić information content (AvgIpc) is 2.82. The van der Waals surface area contributed by atoms with E-state index in [-0.39, 0.29) is 5.75 Å². The Morgan fingerprint density at radius 2 is 2.11 bits per heavy atom. The lowest BCUT2D eigenvalue weighted by atomic mass is 10.0. The van der Waals surface area contributed by atoms with E-state index in [1.807, 2.05) is 19.2 Å². The number of nitrogens with zero attached hydrogens (tertiary/aromatic N) is 2. The van der Waals surface area contributed by atoms with Crippen molar-refractivity contribution in [2.24, 2.45) is 0 Å². The maximum absolute atomic E-state index is 9.57. The summed E-state index contributed by atoms with van der Waals surface area (Å²) in [7, 11) is 0. The molecule has 5 heteroatoms. The van der Waals surface area contributed by atoms with Crippen LogP contribution in [0.3, 0.4) is 0 Å². The lowest BCUT2D eigenvalue weighted by Gasteiger charge is -2.08. The van der Waals surface area contributed by atoms with Crippen LogP contribution in [-0.4, -0.2) is 20.1 Å². The molecule has 18 heavy (non-hydrogen) atoms. The van der Waals surface area contributed by atoms with Gasteiger partial charge in [0.2, 0.25) is 0 Å². The van der Waals surface area contributed by atoms with Crippen molar-refractivity contribution < 1.29 is 5.11 Å². The fraction of sp³-hybridized carbons (Fsp3) is 0.0769. The van der Waals surface area contributed by atoms with Gasteiger partial charge in [-0.2, -0.15) is 0 Å². The van der Waals surface area contributed by atoms with Crippen LogP contribution in [0.2, 0.25) is 5.02 Å². The summed E-state index contributed by atoms with van der Waals surface area (Å²) in [5, 5.41) is 10.8. The molecule has 3 aromatic rings. The summed E-state index contributed by atoms with van der Waals surface area (Å²) >= 11 is 5.96. The van der Waals surface area contributed by atoms with Crippen LogP contribution in [0.5, 0.6) is 5.75 Å².